The average Bonchev–Trinajstić information content (AvgIpc) is 3.25. The summed E-state index contributed by atoms with van der Waals surface area (Å²) < 4.78 is 7.66. The SMILES string of the molecule is NCCC[C@@H]1C[C@@]1(C(=O)O)c1cn(-c2ccc(Oc3ccccc3)cc2)cn1. The van der Waals surface area contributed by atoms with Crippen molar-refractivity contribution in [2.24, 2.45) is 11.7 Å². The van der Waals surface area contributed by atoms with Crippen molar-refractivity contribution in [1.82, 2.24) is 9.55 Å². The number of aliphatic carboxylic acids is 1. The number of para-hydroxylation sites is 1. The Kier molecular flexibility index (Phi) is 4.88. The van der Waals surface area contributed by atoms with Gasteiger partial charge in [0.25, 0.3) is 0 Å². The first kappa shape index (κ1) is 18.3. The van der Waals surface area contributed by atoms with Gasteiger partial charge >= 0.3 is 5.97 Å². The van der Waals surface area contributed by atoms with E-state index >= 15 is 0 Å². The van der Waals surface area contributed by atoms with Gasteiger partial charge < -0.3 is 20.1 Å². The molecule has 28 heavy (non-hydrogen) atoms. The van der Waals surface area contributed by atoms with Crippen LogP contribution in [0, 0.1) is 5.92 Å². The largest absolute Gasteiger partial charge is 0.481 e. The van der Waals surface area contributed by atoms with E-state index in [9.17, 15) is 9.90 Å². The van der Waals surface area contributed by atoms with E-state index in [0.29, 0.717) is 18.7 Å². The van der Waals surface area contributed by atoms with E-state index in [1.165, 1.54) is 0 Å². The van der Waals surface area contributed by atoms with Crippen LogP contribution in [0.3, 0.4) is 0 Å². The molecule has 1 saturated carbocycles. The third-order valence-corrected chi connectivity index (χ3v) is 5.40. The summed E-state index contributed by atoms with van der Waals surface area (Å²) in [6.45, 7) is 0.581. The van der Waals surface area contributed by atoms with Crippen molar-refractivity contribution >= 4 is 5.97 Å². The molecule has 3 aromatic rings. The van der Waals surface area contributed by atoms with Gasteiger partial charge in [-0.1, -0.05) is 18.2 Å². The van der Waals surface area contributed by atoms with Crippen LogP contribution in [0.5, 0.6) is 11.5 Å². The molecule has 6 nitrogen and oxygen atoms in total. The van der Waals surface area contributed by atoms with Crippen molar-refractivity contribution in [1.29, 1.82) is 0 Å². The van der Waals surface area contributed by atoms with Gasteiger partial charge in [-0.2, -0.15) is 0 Å². The van der Waals surface area contributed by atoms with Crippen LogP contribution < -0.4 is 10.5 Å². The van der Waals surface area contributed by atoms with Gasteiger partial charge in [-0.05, 0) is 68.1 Å². The minimum absolute atomic E-state index is 0.110. The van der Waals surface area contributed by atoms with E-state index < -0.39 is 11.4 Å². The smallest absolute Gasteiger partial charge is 0.316 e. The van der Waals surface area contributed by atoms with Crippen molar-refractivity contribution in [2.45, 2.75) is 24.7 Å². The van der Waals surface area contributed by atoms with E-state index in [4.69, 9.17) is 10.5 Å². The number of benzene rings is 2. The van der Waals surface area contributed by atoms with Crippen LogP contribution in [0.4, 0.5) is 0 Å². The zero-order valence-electron chi connectivity index (χ0n) is 15.5. The summed E-state index contributed by atoms with van der Waals surface area (Å²) in [6, 6.07) is 17.2. The van der Waals surface area contributed by atoms with Gasteiger partial charge in [-0.3, -0.25) is 4.79 Å². The Morgan fingerprint density at radius 2 is 1.89 bits per heavy atom. The van der Waals surface area contributed by atoms with Gasteiger partial charge in [0.05, 0.1) is 12.0 Å². The number of nitrogens with zero attached hydrogens (tertiary/aromatic N) is 2. The minimum atomic E-state index is -0.864. The number of nitrogens with two attached hydrogens (primary N) is 1. The summed E-state index contributed by atoms with van der Waals surface area (Å²) in [5.41, 5.74) is 6.23. The van der Waals surface area contributed by atoms with E-state index in [1.807, 2.05) is 65.4 Å². The molecule has 1 aliphatic carbocycles. The van der Waals surface area contributed by atoms with Crippen LogP contribution >= 0.6 is 0 Å². The second kappa shape index (κ2) is 7.48. The summed E-state index contributed by atoms with van der Waals surface area (Å²) in [5.74, 6) is 0.826. The molecule has 6 heteroatoms. The van der Waals surface area contributed by atoms with E-state index in [0.717, 1.165) is 30.0 Å². The number of hydrogen-bond acceptors (Lipinski definition) is 4. The maximum atomic E-state index is 11.9. The molecule has 1 heterocycles. The Bertz CT molecular complexity index is 953. The van der Waals surface area contributed by atoms with E-state index in [1.54, 1.807) is 6.33 Å². The predicted molar refractivity (Wildman–Crippen MR) is 106 cm³/mol. The fourth-order valence-corrected chi connectivity index (χ4v) is 3.73. The first-order valence-electron chi connectivity index (χ1n) is 9.45. The van der Waals surface area contributed by atoms with Gasteiger partial charge in [-0.25, -0.2) is 4.98 Å². The van der Waals surface area contributed by atoms with Crippen LogP contribution in [0.25, 0.3) is 5.69 Å². The molecule has 1 aromatic heterocycles. The number of carboxylic acids is 1. The Morgan fingerprint density at radius 3 is 2.57 bits per heavy atom. The highest BCUT2D eigenvalue weighted by Gasteiger charge is 2.62. The summed E-state index contributed by atoms with van der Waals surface area (Å²) in [6.07, 6.45) is 5.78. The van der Waals surface area contributed by atoms with Gasteiger partial charge in [0.1, 0.15) is 16.9 Å². The van der Waals surface area contributed by atoms with Crippen molar-refractivity contribution in [3.63, 3.8) is 0 Å². The Morgan fingerprint density at radius 1 is 1.18 bits per heavy atom. The molecule has 3 N–H and O–H groups in total. The molecule has 0 bridgehead atoms. The number of imidazole rings is 1. The highest BCUT2D eigenvalue weighted by atomic mass is 16.5. The Balaban J connectivity index is 1.50. The first-order valence-corrected chi connectivity index (χ1v) is 9.45. The summed E-state index contributed by atoms with van der Waals surface area (Å²) >= 11 is 0. The standard InChI is InChI=1S/C22H23N3O3/c23-12-4-5-16-13-22(16,21(26)27)20-14-25(15-24-20)17-8-10-19(11-9-17)28-18-6-2-1-3-7-18/h1-3,6-11,14-16H,4-5,12-13,23H2,(H,26,27)/t16-,22+/m1/s1. The van der Waals surface area contributed by atoms with E-state index in [2.05, 4.69) is 4.98 Å². The summed E-state index contributed by atoms with van der Waals surface area (Å²) in [4.78, 5) is 16.3. The zero-order chi connectivity index (χ0) is 19.6. The van der Waals surface area contributed by atoms with Gasteiger partial charge in [-0.15, -0.1) is 0 Å². The van der Waals surface area contributed by atoms with Crippen LogP contribution in [0.15, 0.2) is 67.1 Å². The lowest BCUT2D eigenvalue weighted by Crippen LogP contribution is -2.23. The topological polar surface area (TPSA) is 90.4 Å². The number of hydrogen-bond donors (Lipinski definition) is 2. The molecule has 1 aliphatic rings. The van der Waals surface area contributed by atoms with Crippen LogP contribution in [-0.4, -0.2) is 27.2 Å². The number of rotatable bonds is 8. The molecule has 0 amide bonds. The third kappa shape index (κ3) is 3.39. The molecular formula is C22H23N3O3. The molecule has 4 rings (SSSR count). The zero-order valence-corrected chi connectivity index (χ0v) is 15.5. The lowest BCUT2D eigenvalue weighted by Gasteiger charge is -2.09. The normalized spacial score (nSPS) is 20.7. The second-order valence-electron chi connectivity index (χ2n) is 7.18. The molecule has 0 spiro atoms. The van der Waals surface area contributed by atoms with Crippen molar-refractivity contribution < 1.29 is 14.6 Å². The van der Waals surface area contributed by atoms with Crippen LogP contribution in [-0.2, 0) is 10.2 Å². The fraction of sp³-hybridized carbons (Fsp3) is 0.273. The number of aromatic nitrogens is 2. The lowest BCUT2D eigenvalue weighted by atomic mass is 9.98. The molecule has 0 unspecified atom stereocenters. The molecule has 1 fully saturated rings. The van der Waals surface area contributed by atoms with Gasteiger partial charge in [0.15, 0.2) is 0 Å². The van der Waals surface area contributed by atoms with Crippen molar-refractivity contribution in [3.8, 4) is 17.2 Å². The van der Waals surface area contributed by atoms with E-state index in [-0.39, 0.29) is 5.92 Å². The van der Waals surface area contributed by atoms with Gasteiger partial charge in [0, 0.05) is 11.9 Å². The summed E-state index contributed by atoms with van der Waals surface area (Å²) in [7, 11) is 0. The predicted octanol–water partition coefficient (Wildman–Crippen LogP) is 3.75. The lowest BCUT2D eigenvalue weighted by molar-refractivity contribution is -0.140. The third-order valence-electron chi connectivity index (χ3n) is 5.40. The second-order valence-corrected chi connectivity index (χ2v) is 7.18. The minimum Gasteiger partial charge on any atom is -0.481 e. The monoisotopic (exact) mass is 377 g/mol. The molecular weight excluding hydrogens is 354 g/mol. The molecule has 144 valence electrons. The Hall–Kier alpha value is -3.12. The fourth-order valence-electron chi connectivity index (χ4n) is 3.73. The number of carbonyl (C=O) groups is 1. The van der Waals surface area contributed by atoms with Crippen molar-refractivity contribution in [2.75, 3.05) is 6.54 Å². The highest BCUT2D eigenvalue weighted by molar-refractivity contribution is 5.85. The molecule has 0 saturated heterocycles. The summed E-state index contributed by atoms with van der Waals surface area (Å²) in [5, 5.41) is 9.79. The number of ether oxygens (including phenoxy) is 1. The average molecular weight is 377 g/mol. The molecule has 0 radical (unpaired) electrons. The van der Waals surface area contributed by atoms with Crippen LogP contribution in [0.1, 0.15) is 25.0 Å². The Labute approximate surface area is 163 Å². The molecule has 2 aromatic carbocycles. The van der Waals surface area contributed by atoms with Gasteiger partial charge in [0.2, 0.25) is 0 Å². The highest BCUT2D eigenvalue weighted by Crippen LogP contribution is 2.56. The first-order chi connectivity index (χ1) is 13.6. The quantitative estimate of drug-likeness (QED) is 0.624. The number of carboxylic acid groups (broad SMARTS) is 1. The maximum absolute atomic E-state index is 11.9. The molecule has 2 atom stereocenters. The van der Waals surface area contributed by atoms with Crippen molar-refractivity contribution in [3.05, 3.63) is 72.8 Å². The maximum Gasteiger partial charge on any atom is 0.316 e. The molecule has 0 aliphatic heterocycles. The van der Waals surface area contributed by atoms with Crippen LogP contribution in [0.2, 0.25) is 0 Å².